The zero-order valence-corrected chi connectivity index (χ0v) is 13.2. The number of benzene rings is 1. The van der Waals surface area contributed by atoms with Gasteiger partial charge in [0.2, 0.25) is 5.91 Å². The molecule has 0 fully saturated rings. The van der Waals surface area contributed by atoms with Crippen LogP contribution in [0.2, 0.25) is 0 Å². The number of halogens is 3. The van der Waals surface area contributed by atoms with Crippen LogP contribution in [-0.2, 0) is 15.3 Å². The van der Waals surface area contributed by atoms with Crippen LogP contribution in [0.1, 0.15) is 17.5 Å². The van der Waals surface area contributed by atoms with Crippen molar-refractivity contribution in [2.75, 3.05) is 25.5 Å². The van der Waals surface area contributed by atoms with Gasteiger partial charge in [-0.3, -0.25) is 4.79 Å². The zero-order chi connectivity index (χ0) is 16.4. The number of carbonyl (C=O) groups is 1. The lowest BCUT2D eigenvalue weighted by molar-refractivity contribution is -0.174. The number of alkyl halides is 3. The molecule has 0 spiro atoms. The van der Waals surface area contributed by atoms with Gasteiger partial charge >= 0.3 is 6.18 Å². The number of amides is 1. The van der Waals surface area contributed by atoms with Crippen LogP contribution < -0.4 is 5.32 Å². The van der Waals surface area contributed by atoms with Crippen molar-refractivity contribution in [2.24, 2.45) is 0 Å². The Balaban J connectivity index is 2.00. The van der Waals surface area contributed by atoms with Gasteiger partial charge in [-0.25, -0.2) is 0 Å². The number of nitrogens with one attached hydrogen (secondary N) is 1. The van der Waals surface area contributed by atoms with E-state index in [1.807, 2.05) is 6.92 Å². The Morgan fingerprint density at radius 1 is 1.27 bits per heavy atom. The third-order valence-corrected chi connectivity index (χ3v) is 3.73. The van der Waals surface area contributed by atoms with Gasteiger partial charge in [0.05, 0.1) is 6.61 Å². The second-order valence-electron chi connectivity index (χ2n) is 4.81. The van der Waals surface area contributed by atoms with Crippen molar-refractivity contribution in [1.82, 2.24) is 5.32 Å². The van der Waals surface area contributed by atoms with E-state index in [9.17, 15) is 18.0 Å². The Kier molecular flexibility index (Phi) is 8.34. The topological polar surface area (TPSA) is 38.3 Å². The molecule has 22 heavy (non-hydrogen) atoms. The fraction of sp³-hybridized carbons (Fsp3) is 0.533. The first-order chi connectivity index (χ1) is 10.4. The summed E-state index contributed by atoms with van der Waals surface area (Å²) < 4.78 is 39.8. The molecule has 0 atom stereocenters. The van der Waals surface area contributed by atoms with E-state index >= 15 is 0 Å². The van der Waals surface area contributed by atoms with Gasteiger partial charge < -0.3 is 10.1 Å². The minimum atomic E-state index is -4.34. The summed E-state index contributed by atoms with van der Waals surface area (Å²) >= 11 is 1.69. The molecule has 0 saturated carbocycles. The monoisotopic (exact) mass is 335 g/mol. The largest absolute Gasteiger partial charge is 0.411 e. The van der Waals surface area contributed by atoms with Crippen LogP contribution in [0.4, 0.5) is 13.2 Å². The molecule has 7 heteroatoms. The number of hydrogen-bond acceptors (Lipinski definition) is 3. The first-order valence-corrected chi connectivity index (χ1v) is 8.07. The number of aryl methyl sites for hydroxylation is 1. The van der Waals surface area contributed by atoms with E-state index in [0.29, 0.717) is 6.54 Å². The smallest absolute Gasteiger partial charge is 0.372 e. The molecular weight excluding hydrogens is 315 g/mol. The molecular formula is C15H20F3NO2S. The first kappa shape index (κ1) is 18.8. The molecule has 0 aliphatic rings. The van der Waals surface area contributed by atoms with Gasteiger partial charge in [0.25, 0.3) is 0 Å². The quantitative estimate of drug-likeness (QED) is 0.704. The average Bonchev–Trinajstić information content (AvgIpc) is 2.44. The van der Waals surface area contributed by atoms with Gasteiger partial charge in [-0.1, -0.05) is 29.8 Å². The number of rotatable bonds is 9. The lowest BCUT2D eigenvalue weighted by Crippen LogP contribution is -2.27. The Labute approximate surface area is 132 Å². The molecule has 1 aromatic rings. The summed E-state index contributed by atoms with van der Waals surface area (Å²) in [6.45, 7) is 0.994. The van der Waals surface area contributed by atoms with Crippen LogP contribution in [0.5, 0.6) is 0 Å². The Bertz CT molecular complexity index is 449. The second kappa shape index (κ2) is 9.74. The van der Waals surface area contributed by atoms with Crippen LogP contribution in [0.15, 0.2) is 24.3 Å². The van der Waals surface area contributed by atoms with Crippen LogP contribution in [0.3, 0.4) is 0 Å². The van der Waals surface area contributed by atoms with E-state index in [4.69, 9.17) is 0 Å². The molecule has 0 aliphatic heterocycles. The fourth-order valence-electron chi connectivity index (χ4n) is 1.58. The van der Waals surface area contributed by atoms with Crippen LogP contribution >= 0.6 is 11.8 Å². The molecule has 0 bridgehead atoms. The SMILES string of the molecule is Cc1ccc(CSCCNC(=O)CCOCC(F)(F)F)cc1. The second-order valence-corrected chi connectivity index (χ2v) is 5.91. The highest BCUT2D eigenvalue weighted by Gasteiger charge is 2.27. The van der Waals surface area contributed by atoms with Crippen LogP contribution in [0, 0.1) is 6.92 Å². The highest BCUT2D eigenvalue weighted by Crippen LogP contribution is 2.14. The van der Waals surface area contributed by atoms with Gasteiger partial charge in [-0.2, -0.15) is 24.9 Å². The molecule has 0 heterocycles. The lowest BCUT2D eigenvalue weighted by atomic mass is 10.2. The summed E-state index contributed by atoms with van der Waals surface area (Å²) in [5.74, 6) is 1.33. The number of thioether (sulfide) groups is 1. The van der Waals surface area contributed by atoms with Crippen LogP contribution in [-0.4, -0.2) is 37.6 Å². The third kappa shape index (κ3) is 9.68. The molecule has 1 rings (SSSR count). The van der Waals surface area contributed by atoms with E-state index in [-0.39, 0.29) is 18.9 Å². The van der Waals surface area contributed by atoms with Crippen LogP contribution in [0.25, 0.3) is 0 Å². The Morgan fingerprint density at radius 3 is 2.59 bits per heavy atom. The van der Waals surface area contributed by atoms with E-state index in [1.165, 1.54) is 11.1 Å². The predicted octanol–water partition coefficient (Wildman–Crippen LogP) is 3.31. The van der Waals surface area contributed by atoms with Crippen molar-refractivity contribution in [3.63, 3.8) is 0 Å². The maximum atomic E-state index is 11.8. The van der Waals surface area contributed by atoms with E-state index in [0.717, 1.165) is 11.5 Å². The summed E-state index contributed by atoms with van der Waals surface area (Å²) in [5.41, 5.74) is 2.44. The number of hydrogen-bond donors (Lipinski definition) is 1. The molecule has 0 radical (unpaired) electrons. The Morgan fingerprint density at radius 2 is 1.95 bits per heavy atom. The van der Waals surface area contributed by atoms with E-state index in [2.05, 4.69) is 34.3 Å². The summed E-state index contributed by atoms with van der Waals surface area (Å²) in [6.07, 6.45) is -4.40. The van der Waals surface area contributed by atoms with Crippen molar-refractivity contribution in [3.8, 4) is 0 Å². The molecule has 1 amide bonds. The molecule has 124 valence electrons. The Hall–Kier alpha value is -1.21. The molecule has 3 nitrogen and oxygen atoms in total. The van der Waals surface area contributed by atoms with Gasteiger partial charge in [0.15, 0.2) is 0 Å². The average molecular weight is 335 g/mol. The van der Waals surface area contributed by atoms with Gasteiger partial charge in [-0.15, -0.1) is 0 Å². The fourth-order valence-corrected chi connectivity index (χ4v) is 2.40. The van der Waals surface area contributed by atoms with Crippen molar-refractivity contribution in [2.45, 2.75) is 25.3 Å². The molecule has 0 unspecified atom stereocenters. The van der Waals surface area contributed by atoms with E-state index < -0.39 is 12.8 Å². The summed E-state index contributed by atoms with van der Waals surface area (Å²) in [4.78, 5) is 11.4. The maximum Gasteiger partial charge on any atom is 0.411 e. The highest BCUT2D eigenvalue weighted by atomic mass is 32.2. The summed E-state index contributed by atoms with van der Waals surface area (Å²) in [7, 11) is 0. The first-order valence-electron chi connectivity index (χ1n) is 6.91. The van der Waals surface area contributed by atoms with Crippen molar-refractivity contribution >= 4 is 17.7 Å². The normalized spacial score (nSPS) is 11.5. The molecule has 1 aromatic carbocycles. The van der Waals surface area contributed by atoms with E-state index in [1.54, 1.807) is 11.8 Å². The zero-order valence-electron chi connectivity index (χ0n) is 12.4. The maximum absolute atomic E-state index is 11.8. The summed E-state index contributed by atoms with van der Waals surface area (Å²) in [6, 6.07) is 8.25. The lowest BCUT2D eigenvalue weighted by Gasteiger charge is -2.08. The standard InChI is InChI=1S/C15H20F3NO2S/c1-12-2-4-13(5-3-12)10-22-9-7-19-14(20)6-8-21-11-15(16,17)18/h2-5H,6-11H2,1H3,(H,19,20). The molecule has 0 saturated heterocycles. The third-order valence-electron chi connectivity index (χ3n) is 2.70. The van der Waals surface area contributed by atoms with Gasteiger partial charge in [-0.05, 0) is 12.5 Å². The number of carbonyl (C=O) groups excluding carboxylic acids is 1. The van der Waals surface area contributed by atoms with Gasteiger partial charge in [0.1, 0.15) is 6.61 Å². The predicted molar refractivity (Wildman–Crippen MR) is 81.8 cm³/mol. The van der Waals surface area contributed by atoms with Crippen molar-refractivity contribution < 1.29 is 22.7 Å². The van der Waals surface area contributed by atoms with Gasteiger partial charge in [0, 0.05) is 24.5 Å². The molecule has 0 aliphatic carbocycles. The van der Waals surface area contributed by atoms with Crippen molar-refractivity contribution in [1.29, 1.82) is 0 Å². The summed E-state index contributed by atoms with van der Waals surface area (Å²) in [5, 5.41) is 2.65. The molecule has 1 N–H and O–H groups in total. The number of ether oxygens (including phenoxy) is 1. The minimum Gasteiger partial charge on any atom is -0.372 e. The van der Waals surface area contributed by atoms with Crippen molar-refractivity contribution in [3.05, 3.63) is 35.4 Å². The highest BCUT2D eigenvalue weighted by molar-refractivity contribution is 7.98. The molecule has 0 aromatic heterocycles. The minimum absolute atomic E-state index is 0.0568.